The minimum atomic E-state index is -1.23. The molecule has 0 aliphatic carbocycles. The van der Waals surface area contributed by atoms with E-state index >= 15 is 0 Å². The minimum absolute atomic E-state index is 0.00231. The molecule has 0 fully saturated rings. The lowest BCUT2D eigenvalue weighted by Crippen LogP contribution is -2.07. The van der Waals surface area contributed by atoms with Gasteiger partial charge in [-0.25, -0.2) is 13.9 Å². The number of nitrogen functional groups attached to an aromatic ring is 1. The van der Waals surface area contributed by atoms with Crippen molar-refractivity contribution < 1.29 is 14.3 Å². The molecule has 1 heterocycles. The maximum Gasteiger partial charge on any atom is 0.341 e. The number of nitrogens with two attached hydrogens (primary N) is 1. The number of hydrogen-bond donors (Lipinski definition) is 2. The van der Waals surface area contributed by atoms with Crippen molar-refractivity contribution in [3.8, 4) is 5.69 Å². The number of anilines is 1. The number of aromatic carboxylic acids is 1. The Hall–Kier alpha value is -2.08. The van der Waals surface area contributed by atoms with Gasteiger partial charge in [-0.1, -0.05) is 11.6 Å². The molecule has 0 bridgehead atoms. The molecule has 0 amide bonds. The van der Waals surface area contributed by atoms with Gasteiger partial charge in [0.15, 0.2) is 0 Å². The molecular weight excluding hydrogens is 249 g/mol. The van der Waals surface area contributed by atoms with Crippen LogP contribution in [0.4, 0.5) is 10.2 Å². The second-order valence-electron chi connectivity index (χ2n) is 3.26. The summed E-state index contributed by atoms with van der Waals surface area (Å²) in [6.45, 7) is 0. The Balaban J connectivity index is 2.61. The summed E-state index contributed by atoms with van der Waals surface area (Å²) < 4.78 is 14.5. The van der Waals surface area contributed by atoms with E-state index in [-0.39, 0.29) is 17.1 Å². The molecule has 2 rings (SSSR count). The first-order valence-electron chi connectivity index (χ1n) is 4.53. The second kappa shape index (κ2) is 4.06. The summed E-state index contributed by atoms with van der Waals surface area (Å²) >= 11 is 5.72. The number of carboxylic acid groups (broad SMARTS) is 1. The quantitative estimate of drug-likeness (QED) is 0.859. The lowest BCUT2D eigenvalue weighted by atomic mass is 10.3. The fraction of sp³-hybridized carbons (Fsp3) is 0. The van der Waals surface area contributed by atoms with Crippen molar-refractivity contribution in [2.45, 2.75) is 0 Å². The van der Waals surface area contributed by atoms with E-state index in [9.17, 15) is 9.18 Å². The number of hydrogen-bond acceptors (Lipinski definition) is 3. The Kier molecular flexibility index (Phi) is 2.72. The van der Waals surface area contributed by atoms with Gasteiger partial charge in [0.2, 0.25) is 0 Å². The molecule has 88 valence electrons. The third-order valence-electron chi connectivity index (χ3n) is 2.17. The summed E-state index contributed by atoms with van der Waals surface area (Å²) in [4.78, 5) is 10.8. The average molecular weight is 256 g/mol. The van der Waals surface area contributed by atoms with Gasteiger partial charge in [-0.15, -0.1) is 0 Å². The van der Waals surface area contributed by atoms with E-state index in [1.807, 2.05) is 0 Å². The van der Waals surface area contributed by atoms with E-state index in [0.29, 0.717) is 5.02 Å². The molecule has 0 spiro atoms. The van der Waals surface area contributed by atoms with E-state index in [2.05, 4.69) is 5.10 Å². The molecule has 0 aliphatic heterocycles. The molecule has 1 aromatic carbocycles. The van der Waals surface area contributed by atoms with E-state index in [1.165, 1.54) is 12.1 Å². The predicted octanol–water partition coefficient (Wildman–Crippen LogP) is 1.95. The lowest BCUT2D eigenvalue weighted by Gasteiger charge is -2.06. The Bertz CT molecular complexity index is 597. The third kappa shape index (κ3) is 1.94. The number of aromatic nitrogens is 2. The number of carboxylic acids is 1. The van der Waals surface area contributed by atoms with Crippen molar-refractivity contribution in [3.63, 3.8) is 0 Å². The summed E-state index contributed by atoms with van der Waals surface area (Å²) in [7, 11) is 0. The Morgan fingerprint density at radius 3 is 2.82 bits per heavy atom. The third-order valence-corrected chi connectivity index (χ3v) is 2.41. The van der Waals surface area contributed by atoms with Crippen LogP contribution in [0.1, 0.15) is 10.4 Å². The first-order valence-corrected chi connectivity index (χ1v) is 4.90. The predicted molar refractivity (Wildman–Crippen MR) is 59.9 cm³/mol. The van der Waals surface area contributed by atoms with Crippen LogP contribution in [-0.2, 0) is 0 Å². The highest BCUT2D eigenvalue weighted by Crippen LogP contribution is 2.22. The summed E-state index contributed by atoms with van der Waals surface area (Å²) in [5.74, 6) is -1.98. The van der Waals surface area contributed by atoms with Gasteiger partial charge in [0.25, 0.3) is 0 Å². The molecule has 17 heavy (non-hydrogen) atoms. The van der Waals surface area contributed by atoms with Crippen LogP contribution < -0.4 is 5.73 Å². The van der Waals surface area contributed by atoms with Crippen molar-refractivity contribution in [1.29, 1.82) is 0 Å². The van der Waals surface area contributed by atoms with E-state index in [0.717, 1.165) is 16.9 Å². The normalized spacial score (nSPS) is 10.5. The van der Waals surface area contributed by atoms with Crippen molar-refractivity contribution in [3.05, 3.63) is 40.8 Å². The van der Waals surface area contributed by atoms with Crippen LogP contribution in [0, 0.1) is 5.82 Å². The largest absolute Gasteiger partial charge is 0.477 e. The molecule has 0 atom stereocenters. The topological polar surface area (TPSA) is 81.1 Å². The van der Waals surface area contributed by atoms with Crippen LogP contribution in [0.25, 0.3) is 5.69 Å². The molecule has 3 N–H and O–H groups in total. The number of rotatable bonds is 2. The molecular formula is C10H7ClFN3O2. The molecule has 0 saturated carbocycles. The molecule has 2 aromatic rings. The molecule has 1 aromatic heterocycles. The summed E-state index contributed by atoms with van der Waals surface area (Å²) in [5.41, 5.74) is 5.38. The Morgan fingerprint density at radius 2 is 2.24 bits per heavy atom. The Morgan fingerprint density at radius 1 is 1.53 bits per heavy atom. The monoisotopic (exact) mass is 255 g/mol. The standard InChI is InChI=1S/C10H7ClFN3O2/c11-5-1-2-7(12)8(3-5)15-9(13)6(4-14-15)10(16)17/h1-4H,13H2,(H,16,17). The highest BCUT2D eigenvalue weighted by molar-refractivity contribution is 6.30. The smallest absolute Gasteiger partial charge is 0.341 e. The van der Waals surface area contributed by atoms with Crippen LogP contribution in [-0.4, -0.2) is 20.9 Å². The summed E-state index contributed by atoms with van der Waals surface area (Å²) in [5, 5.41) is 12.8. The Labute approximate surface area is 100 Å². The van der Waals surface area contributed by atoms with Crippen LogP contribution in [0.3, 0.4) is 0 Å². The highest BCUT2D eigenvalue weighted by atomic mass is 35.5. The van der Waals surface area contributed by atoms with Crippen LogP contribution >= 0.6 is 11.6 Å². The van der Waals surface area contributed by atoms with Crippen molar-refractivity contribution >= 4 is 23.4 Å². The van der Waals surface area contributed by atoms with Gasteiger partial charge in [-0.2, -0.15) is 5.10 Å². The van der Waals surface area contributed by atoms with Gasteiger partial charge in [0, 0.05) is 5.02 Å². The number of halogens is 2. The number of nitrogens with zero attached hydrogens (tertiary/aromatic N) is 2. The molecule has 0 saturated heterocycles. The zero-order valence-corrected chi connectivity index (χ0v) is 9.15. The van der Waals surface area contributed by atoms with Gasteiger partial charge in [-0.05, 0) is 18.2 Å². The molecule has 5 nitrogen and oxygen atoms in total. The van der Waals surface area contributed by atoms with Gasteiger partial charge in [0.1, 0.15) is 22.9 Å². The van der Waals surface area contributed by atoms with Crippen LogP contribution in [0.2, 0.25) is 5.02 Å². The van der Waals surface area contributed by atoms with E-state index < -0.39 is 11.8 Å². The lowest BCUT2D eigenvalue weighted by molar-refractivity contribution is 0.0698. The molecule has 0 unspecified atom stereocenters. The highest BCUT2D eigenvalue weighted by Gasteiger charge is 2.17. The first-order chi connectivity index (χ1) is 8.00. The average Bonchev–Trinajstić information content (AvgIpc) is 2.64. The molecule has 0 radical (unpaired) electrons. The zero-order valence-electron chi connectivity index (χ0n) is 8.39. The molecule has 0 aliphatic rings. The minimum Gasteiger partial charge on any atom is -0.477 e. The first kappa shape index (κ1) is 11.4. The van der Waals surface area contributed by atoms with E-state index in [4.69, 9.17) is 22.4 Å². The van der Waals surface area contributed by atoms with Crippen molar-refractivity contribution in [1.82, 2.24) is 9.78 Å². The number of carbonyl (C=O) groups is 1. The summed E-state index contributed by atoms with van der Waals surface area (Å²) in [6, 6.07) is 3.84. The number of benzene rings is 1. The van der Waals surface area contributed by atoms with E-state index in [1.54, 1.807) is 0 Å². The SMILES string of the molecule is Nc1c(C(=O)O)cnn1-c1cc(Cl)ccc1F. The van der Waals surface area contributed by atoms with Gasteiger partial charge in [-0.3, -0.25) is 0 Å². The maximum atomic E-state index is 13.5. The maximum absolute atomic E-state index is 13.5. The van der Waals surface area contributed by atoms with Gasteiger partial charge >= 0.3 is 5.97 Å². The fourth-order valence-corrected chi connectivity index (χ4v) is 1.53. The summed E-state index contributed by atoms with van der Waals surface area (Å²) in [6.07, 6.45) is 1.05. The second-order valence-corrected chi connectivity index (χ2v) is 3.69. The van der Waals surface area contributed by atoms with Crippen molar-refractivity contribution in [2.75, 3.05) is 5.73 Å². The zero-order chi connectivity index (χ0) is 12.6. The van der Waals surface area contributed by atoms with Crippen LogP contribution in [0.15, 0.2) is 24.4 Å². The van der Waals surface area contributed by atoms with Crippen molar-refractivity contribution in [2.24, 2.45) is 0 Å². The molecule has 7 heteroatoms. The van der Waals surface area contributed by atoms with Gasteiger partial charge in [0.05, 0.1) is 6.20 Å². The van der Waals surface area contributed by atoms with Gasteiger partial charge < -0.3 is 10.8 Å². The fourth-order valence-electron chi connectivity index (χ4n) is 1.36. The van der Waals surface area contributed by atoms with Crippen LogP contribution in [0.5, 0.6) is 0 Å².